The molecule has 17 heavy (non-hydrogen) atoms. The lowest BCUT2D eigenvalue weighted by atomic mass is 10.2. The van der Waals surface area contributed by atoms with Gasteiger partial charge in [-0.1, -0.05) is 0 Å². The molecule has 1 aromatic carbocycles. The molecule has 0 fully saturated rings. The third-order valence-corrected chi connectivity index (χ3v) is 2.17. The maximum absolute atomic E-state index is 11.2. The highest BCUT2D eigenvalue weighted by molar-refractivity contribution is 5.55. The Kier molecular flexibility index (Phi) is 3.23. The maximum atomic E-state index is 11.2. The minimum Gasteiger partial charge on any atom is -0.491 e. The molecule has 0 bridgehead atoms. The van der Waals surface area contributed by atoms with Crippen molar-refractivity contribution in [3.8, 4) is 17.1 Å². The Hall–Kier alpha value is -2.10. The topological polar surface area (TPSA) is 55.0 Å². The summed E-state index contributed by atoms with van der Waals surface area (Å²) in [6, 6.07) is 8.86. The van der Waals surface area contributed by atoms with Gasteiger partial charge in [0, 0.05) is 17.8 Å². The molecule has 88 valence electrons. The molecule has 0 radical (unpaired) electrons. The van der Waals surface area contributed by atoms with Gasteiger partial charge in [0.15, 0.2) is 0 Å². The van der Waals surface area contributed by atoms with Gasteiger partial charge in [-0.2, -0.15) is 0 Å². The Bertz CT molecular complexity index is 544. The molecule has 1 N–H and O–H groups in total. The summed E-state index contributed by atoms with van der Waals surface area (Å²) in [7, 11) is 0. The van der Waals surface area contributed by atoms with Gasteiger partial charge in [0.05, 0.1) is 6.10 Å². The van der Waals surface area contributed by atoms with Crippen LogP contribution in [0.2, 0.25) is 0 Å². The van der Waals surface area contributed by atoms with Crippen LogP contribution in [-0.4, -0.2) is 16.1 Å². The highest BCUT2D eigenvalue weighted by Gasteiger charge is 2.01. The number of H-pyrrole nitrogens is 1. The molecule has 1 heterocycles. The van der Waals surface area contributed by atoms with E-state index in [-0.39, 0.29) is 11.7 Å². The quantitative estimate of drug-likeness (QED) is 0.879. The van der Waals surface area contributed by atoms with Crippen molar-refractivity contribution in [3.63, 3.8) is 0 Å². The van der Waals surface area contributed by atoms with Crippen LogP contribution in [-0.2, 0) is 0 Å². The van der Waals surface area contributed by atoms with Gasteiger partial charge in [0.1, 0.15) is 11.6 Å². The van der Waals surface area contributed by atoms with E-state index in [1.165, 1.54) is 12.3 Å². The first-order valence-electron chi connectivity index (χ1n) is 5.47. The number of rotatable bonds is 3. The van der Waals surface area contributed by atoms with Crippen LogP contribution in [0.5, 0.6) is 5.75 Å². The van der Waals surface area contributed by atoms with Crippen molar-refractivity contribution >= 4 is 0 Å². The second kappa shape index (κ2) is 4.82. The zero-order valence-corrected chi connectivity index (χ0v) is 9.81. The molecule has 2 aromatic rings. The van der Waals surface area contributed by atoms with Crippen LogP contribution in [0.4, 0.5) is 0 Å². The van der Waals surface area contributed by atoms with E-state index in [1.807, 2.05) is 38.1 Å². The second-order valence-corrected chi connectivity index (χ2v) is 3.97. The van der Waals surface area contributed by atoms with Gasteiger partial charge in [0.2, 0.25) is 0 Å². The molecule has 0 aliphatic heterocycles. The van der Waals surface area contributed by atoms with Gasteiger partial charge in [-0.15, -0.1) is 0 Å². The van der Waals surface area contributed by atoms with Gasteiger partial charge in [-0.25, -0.2) is 4.98 Å². The first-order chi connectivity index (χ1) is 8.15. The third-order valence-electron chi connectivity index (χ3n) is 2.17. The van der Waals surface area contributed by atoms with Crippen LogP contribution < -0.4 is 10.3 Å². The van der Waals surface area contributed by atoms with E-state index in [0.717, 1.165) is 11.3 Å². The maximum Gasteiger partial charge on any atom is 0.251 e. The Morgan fingerprint density at radius 2 is 1.88 bits per heavy atom. The molecule has 0 aliphatic rings. The SMILES string of the molecule is CC(C)Oc1ccc(-c2nccc(=O)[nH]2)cc1. The number of aromatic nitrogens is 2. The van der Waals surface area contributed by atoms with Crippen LogP contribution in [0.15, 0.2) is 41.3 Å². The van der Waals surface area contributed by atoms with Crippen LogP contribution >= 0.6 is 0 Å². The molecule has 2 rings (SSSR count). The van der Waals surface area contributed by atoms with Crippen molar-refractivity contribution in [2.45, 2.75) is 20.0 Å². The van der Waals surface area contributed by atoms with Gasteiger partial charge in [0.25, 0.3) is 5.56 Å². The largest absolute Gasteiger partial charge is 0.491 e. The van der Waals surface area contributed by atoms with E-state index < -0.39 is 0 Å². The van der Waals surface area contributed by atoms with Crippen molar-refractivity contribution < 1.29 is 4.74 Å². The fourth-order valence-corrected chi connectivity index (χ4v) is 1.48. The minimum atomic E-state index is -0.155. The number of aromatic amines is 1. The molecule has 0 amide bonds. The van der Waals surface area contributed by atoms with Crippen molar-refractivity contribution in [1.29, 1.82) is 0 Å². The van der Waals surface area contributed by atoms with E-state index in [0.29, 0.717) is 5.82 Å². The zero-order chi connectivity index (χ0) is 12.3. The lowest BCUT2D eigenvalue weighted by Crippen LogP contribution is -2.06. The summed E-state index contributed by atoms with van der Waals surface area (Å²) in [5.74, 6) is 1.37. The molecule has 0 saturated heterocycles. The monoisotopic (exact) mass is 230 g/mol. The Morgan fingerprint density at radius 1 is 1.18 bits per heavy atom. The Balaban J connectivity index is 2.26. The summed E-state index contributed by atoms with van der Waals surface area (Å²) >= 11 is 0. The van der Waals surface area contributed by atoms with Gasteiger partial charge >= 0.3 is 0 Å². The van der Waals surface area contributed by atoms with E-state index in [9.17, 15) is 4.79 Å². The number of ether oxygens (including phenoxy) is 1. The van der Waals surface area contributed by atoms with E-state index in [1.54, 1.807) is 0 Å². The summed E-state index contributed by atoms with van der Waals surface area (Å²) in [5, 5.41) is 0. The predicted molar refractivity (Wildman–Crippen MR) is 66.1 cm³/mol. The van der Waals surface area contributed by atoms with Crippen LogP contribution in [0.25, 0.3) is 11.4 Å². The van der Waals surface area contributed by atoms with Crippen molar-refractivity contribution in [3.05, 3.63) is 46.9 Å². The van der Waals surface area contributed by atoms with Crippen molar-refractivity contribution in [2.75, 3.05) is 0 Å². The second-order valence-electron chi connectivity index (χ2n) is 3.97. The molecule has 1 aromatic heterocycles. The lowest BCUT2D eigenvalue weighted by Gasteiger charge is -2.09. The fourth-order valence-electron chi connectivity index (χ4n) is 1.48. The summed E-state index contributed by atoms with van der Waals surface area (Å²) in [6.07, 6.45) is 1.64. The van der Waals surface area contributed by atoms with Crippen LogP contribution in [0, 0.1) is 0 Å². The molecule has 4 nitrogen and oxygen atoms in total. The van der Waals surface area contributed by atoms with Crippen LogP contribution in [0.1, 0.15) is 13.8 Å². The molecule has 4 heteroatoms. The highest BCUT2D eigenvalue weighted by atomic mass is 16.5. The number of benzene rings is 1. The van der Waals surface area contributed by atoms with Gasteiger partial charge < -0.3 is 9.72 Å². The number of nitrogens with zero attached hydrogens (tertiary/aromatic N) is 1. The summed E-state index contributed by atoms with van der Waals surface area (Å²) in [6.45, 7) is 3.95. The van der Waals surface area contributed by atoms with Crippen LogP contribution in [0.3, 0.4) is 0 Å². The predicted octanol–water partition coefficient (Wildman–Crippen LogP) is 2.22. The molecule has 0 saturated carbocycles. The van der Waals surface area contributed by atoms with Crippen molar-refractivity contribution in [2.24, 2.45) is 0 Å². The fraction of sp³-hybridized carbons (Fsp3) is 0.231. The number of hydrogen-bond acceptors (Lipinski definition) is 3. The van der Waals surface area contributed by atoms with E-state index in [4.69, 9.17) is 4.74 Å². The van der Waals surface area contributed by atoms with Gasteiger partial charge in [-0.3, -0.25) is 4.79 Å². The average molecular weight is 230 g/mol. The molecule has 0 aliphatic carbocycles. The molecule has 0 atom stereocenters. The number of hydrogen-bond donors (Lipinski definition) is 1. The normalized spacial score (nSPS) is 10.5. The summed E-state index contributed by atoms with van der Waals surface area (Å²) in [4.78, 5) is 17.9. The lowest BCUT2D eigenvalue weighted by molar-refractivity contribution is 0.242. The average Bonchev–Trinajstić information content (AvgIpc) is 2.29. The first-order valence-corrected chi connectivity index (χ1v) is 5.47. The first kappa shape index (κ1) is 11.4. The third kappa shape index (κ3) is 2.93. The smallest absolute Gasteiger partial charge is 0.251 e. The standard InChI is InChI=1S/C13H14N2O2/c1-9(2)17-11-5-3-10(4-6-11)13-14-8-7-12(16)15-13/h3-9H,1-2H3,(H,14,15,16). The Morgan fingerprint density at radius 3 is 2.47 bits per heavy atom. The van der Waals surface area contributed by atoms with E-state index in [2.05, 4.69) is 9.97 Å². The molecule has 0 spiro atoms. The molecular weight excluding hydrogens is 216 g/mol. The summed E-state index contributed by atoms with van der Waals surface area (Å²) < 4.78 is 5.54. The Labute approximate surface area is 99.3 Å². The van der Waals surface area contributed by atoms with E-state index >= 15 is 0 Å². The minimum absolute atomic E-state index is 0.149. The van der Waals surface area contributed by atoms with Gasteiger partial charge in [-0.05, 0) is 38.1 Å². The zero-order valence-electron chi connectivity index (χ0n) is 9.81. The summed E-state index contributed by atoms with van der Waals surface area (Å²) in [5.41, 5.74) is 0.705. The molecular formula is C13H14N2O2. The molecule has 0 unspecified atom stereocenters. The number of nitrogens with one attached hydrogen (secondary N) is 1. The van der Waals surface area contributed by atoms with Crippen molar-refractivity contribution in [1.82, 2.24) is 9.97 Å². The highest BCUT2D eigenvalue weighted by Crippen LogP contribution is 2.19.